The molecule has 3 amide bonds. The largest absolute Gasteiger partial charge is 0.334 e. The van der Waals surface area contributed by atoms with Crippen LogP contribution in [0.5, 0.6) is 0 Å². The zero-order valence-corrected chi connectivity index (χ0v) is 17.3. The SMILES string of the molecule is CC(=O)Nc1cccc(NC(=O)[C@@H]2c3ccccc3C(=O)N(C)[C@@H]2c2ccccc2)c1. The van der Waals surface area contributed by atoms with Gasteiger partial charge in [-0.05, 0) is 35.4 Å². The first-order chi connectivity index (χ1) is 15.0. The Labute approximate surface area is 180 Å². The molecule has 0 spiro atoms. The average molecular weight is 413 g/mol. The highest BCUT2D eigenvalue weighted by Crippen LogP contribution is 2.42. The second-order valence-corrected chi connectivity index (χ2v) is 7.59. The Morgan fingerprint density at radius 3 is 2.19 bits per heavy atom. The molecule has 0 saturated heterocycles. The molecule has 0 fully saturated rings. The number of likely N-dealkylation sites (N-methyl/N-ethyl adjacent to an activating group) is 1. The molecule has 0 radical (unpaired) electrons. The van der Waals surface area contributed by atoms with E-state index in [-0.39, 0.29) is 17.7 Å². The van der Waals surface area contributed by atoms with E-state index in [9.17, 15) is 14.4 Å². The smallest absolute Gasteiger partial charge is 0.254 e. The van der Waals surface area contributed by atoms with Crippen LogP contribution in [0.4, 0.5) is 11.4 Å². The Morgan fingerprint density at radius 2 is 1.48 bits per heavy atom. The number of anilines is 2. The van der Waals surface area contributed by atoms with Crippen molar-refractivity contribution in [1.29, 1.82) is 0 Å². The molecule has 0 bridgehead atoms. The Kier molecular flexibility index (Phi) is 5.54. The fourth-order valence-corrected chi connectivity index (χ4v) is 4.12. The van der Waals surface area contributed by atoms with E-state index in [4.69, 9.17) is 0 Å². The third kappa shape index (κ3) is 4.05. The molecule has 6 nitrogen and oxygen atoms in total. The van der Waals surface area contributed by atoms with Crippen molar-refractivity contribution >= 4 is 29.1 Å². The zero-order valence-electron chi connectivity index (χ0n) is 17.3. The van der Waals surface area contributed by atoms with Gasteiger partial charge in [0.1, 0.15) is 0 Å². The first-order valence-corrected chi connectivity index (χ1v) is 10.1. The lowest BCUT2D eigenvalue weighted by Gasteiger charge is -2.39. The van der Waals surface area contributed by atoms with Crippen LogP contribution in [0.25, 0.3) is 0 Å². The third-order valence-corrected chi connectivity index (χ3v) is 5.45. The number of nitrogens with one attached hydrogen (secondary N) is 2. The van der Waals surface area contributed by atoms with Crippen molar-refractivity contribution in [2.24, 2.45) is 0 Å². The molecule has 1 heterocycles. The van der Waals surface area contributed by atoms with Crippen LogP contribution in [-0.4, -0.2) is 29.7 Å². The monoisotopic (exact) mass is 413 g/mol. The predicted molar refractivity (Wildman–Crippen MR) is 120 cm³/mol. The van der Waals surface area contributed by atoms with Gasteiger partial charge in [-0.3, -0.25) is 14.4 Å². The number of nitrogens with zero attached hydrogens (tertiary/aromatic N) is 1. The lowest BCUT2D eigenvalue weighted by Crippen LogP contribution is -2.44. The highest BCUT2D eigenvalue weighted by molar-refractivity contribution is 6.04. The van der Waals surface area contributed by atoms with Gasteiger partial charge in [0.05, 0.1) is 12.0 Å². The van der Waals surface area contributed by atoms with Crippen LogP contribution in [0.1, 0.15) is 40.4 Å². The van der Waals surface area contributed by atoms with E-state index >= 15 is 0 Å². The number of hydrogen-bond acceptors (Lipinski definition) is 3. The van der Waals surface area contributed by atoms with Crippen molar-refractivity contribution < 1.29 is 14.4 Å². The lowest BCUT2D eigenvalue weighted by molar-refractivity contribution is -0.119. The summed E-state index contributed by atoms with van der Waals surface area (Å²) in [5, 5.41) is 5.69. The maximum absolute atomic E-state index is 13.6. The van der Waals surface area contributed by atoms with E-state index in [1.807, 2.05) is 42.5 Å². The fourth-order valence-electron chi connectivity index (χ4n) is 4.12. The van der Waals surface area contributed by atoms with E-state index in [1.54, 1.807) is 48.3 Å². The predicted octanol–water partition coefficient (Wildman–Crippen LogP) is 4.19. The van der Waals surface area contributed by atoms with Crippen molar-refractivity contribution in [3.05, 3.63) is 95.6 Å². The normalized spacial score (nSPS) is 17.6. The van der Waals surface area contributed by atoms with Gasteiger partial charge in [0.15, 0.2) is 0 Å². The molecular formula is C25H23N3O3. The van der Waals surface area contributed by atoms with Gasteiger partial charge in [-0.1, -0.05) is 54.6 Å². The van der Waals surface area contributed by atoms with E-state index in [0.717, 1.165) is 5.56 Å². The van der Waals surface area contributed by atoms with Crippen LogP contribution in [-0.2, 0) is 9.59 Å². The van der Waals surface area contributed by atoms with E-state index in [2.05, 4.69) is 10.6 Å². The number of rotatable bonds is 4. The molecule has 1 aliphatic rings. The summed E-state index contributed by atoms with van der Waals surface area (Å²) in [5.74, 6) is -1.11. The first-order valence-electron chi connectivity index (χ1n) is 10.1. The van der Waals surface area contributed by atoms with Gasteiger partial charge in [-0.15, -0.1) is 0 Å². The molecule has 3 aromatic carbocycles. The highest BCUT2D eigenvalue weighted by Gasteiger charge is 2.42. The van der Waals surface area contributed by atoms with Crippen molar-refractivity contribution in [2.45, 2.75) is 18.9 Å². The Hall–Kier alpha value is -3.93. The number of amides is 3. The molecule has 0 aliphatic carbocycles. The maximum atomic E-state index is 13.6. The summed E-state index contributed by atoms with van der Waals surface area (Å²) >= 11 is 0. The summed E-state index contributed by atoms with van der Waals surface area (Å²) in [6, 6.07) is 23.4. The quantitative estimate of drug-likeness (QED) is 0.673. The second kappa shape index (κ2) is 8.44. The molecule has 1 aliphatic heterocycles. The number of carbonyl (C=O) groups excluding carboxylic acids is 3. The zero-order chi connectivity index (χ0) is 22.0. The van der Waals surface area contributed by atoms with Crippen molar-refractivity contribution in [1.82, 2.24) is 4.90 Å². The van der Waals surface area contributed by atoms with Crippen LogP contribution in [0.3, 0.4) is 0 Å². The molecule has 2 atom stereocenters. The molecule has 3 aromatic rings. The molecule has 0 saturated carbocycles. The van der Waals surface area contributed by atoms with Crippen LogP contribution < -0.4 is 10.6 Å². The summed E-state index contributed by atoms with van der Waals surface area (Å²) in [4.78, 5) is 39.6. The van der Waals surface area contributed by atoms with E-state index < -0.39 is 12.0 Å². The van der Waals surface area contributed by atoms with Crippen LogP contribution in [0.15, 0.2) is 78.9 Å². The van der Waals surface area contributed by atoms with Crippen LogP contribution in [0, 0.1) is 0 Å². The third-order valence-electron chi connectivity index (χ3n) is 5.45. The van der Waals surface area contributed by atoms with Gasteiger partial charge < -0.3 is 15.5 Å². The molecule has 6 heteroatoms. The molecule has 31 heavy (non-hydrogen) atoms. The average Bonchev–Trinajstić information content (AvgIpc) is 2.76. The van der Waals surface area contributed by atoms with Gasteiger partial charge in [0, 0.05) is 30.9 Å². The van der Waals surface area contributed by atoms with Gasteiger partial charge in [-0.25, -0.2) is 0 Å². The summed E-state index contributed by atoms with van der Waals surface area (Å²) < 4.78 is 0. The maximum Gasteiger partial charge on any atom is 0.254 e. The minimum atomic E-state index is -0.592. The Balaban J connectivity index is 1.74. The Bertz CT molecular complexity index is 1140. The van der Waals surface area contributed by atoms with E-state index in [0.29, 0.717) is 22.5 Å². The van der Waals surface area contributed by atoms with Crippen LogP contribution >= 0.6 is 0 Å². The second-order valence-electron chi connectivity index (χ2n) is 7.59. The molecule has 156 valence electrons. The minimum Gasteiger partial charge on any atom is -0.334 e. The van der Waals surface area contributed by atoms with Crippen LogP contribution in [0.2, 0.25) is 0 Å². The fraction of sp³-hybridized carbons (Fsp3) is 0.160. The summed E-state index contributed by atoms with van der Waals surface area (Å²) in [6.45, 7) is 1.43. The number of benzene rings is 3. The van der Waals surface area contributed by atoms with E-state index in [1.165, 1.54) is 6.92 Å². The number of hydrogen-bond donors (Lipinski definition) is 2. The lowest BCUT2D eigenvalue weighted by atomic mass is 9.79. The van der Waals surface area contributed by atoms with Gasteiger partial charge in [-0.2, -0.15) is 0 Å². The number of carbonyl (C=O) groups is 3. The first kappa shape index (κ1) is 20.3. The van der Waals surface area contributed by atoms with Crippen molar-refractivity contribution in [2.75, 3.05) is 17.7 Å². The van der Waals surface area contributed by atoms with Gasteiger partial charge in [0.25, 0.3) is 5.91 Å². The molecule has 2 N–H and O–H groups in total. The molecule has 0 unspecified atom stereocenters. The van der Waals surface area contributed by atoms with Gasteiger partial charge >= 0.3 is 0 Å². The summed E-state index contributed by atoms with van der Waals surface area (Å²) in [5.41, 5.74) is 3.29. The number of fused-ring (bicyclic) bond motifs is 1. The standard InChI is InChI=1S/C25H23N3O3/c1-16(29)26-18-11-8-12-19(15-18)27-24(30)22-20-13-6-7-14-21(20)25(31)28(2)23(22)17-9-4-3-5-10-17/h3-15,22-23H,1-2H3,(H,26,29)(H,27,30)/t22-,23-/m1/s1. The highest BCUT2D eigenvalue weighted by atomic mass is 16.2. The molecule has 4 rings (SSSR count). The van der Waals surface area contributed by atoms with Crippen molar-refractivity contribution in [3.8, 4) is 0 Å². The van der Waals surface area contributed by atoms with Crippen molar-refractivity contribution in [3.63, 3.8) is 0 Å². The summed E-state index contributed by atoms with van der Waals surface area (Å²) in [7, 11) is 1.73. The minimum absolute atomic E-state index is 0.110. The molecular weight excluding hydrogens is 390 g/mol. The molecule has 0 aromatic heterocycles. The summed E-state index contributed by atoms with van der Waals surface area (Å²) in [6.07, 6.45) is 0. The topological polar surface area (TPSA) is 78.5 Å². The Morgan fingerprint density at radius 1 is 0.839 bits per heavy atom. The van der Waals surface area contributed by atoms with Gasteiger partial charge in [0.2, 0.25) is 11.8 Å².